The number of halogens is 1. The van der Waals surface area contributed by atoms with Crippen LogP contribution in [-0.2, 0) is 17.7 Å². The van der Waals surface area contributed by atoms with Crippen LogP contribution in [0.3, 0.4) is 0 Å². The third-order valence-corrected chi connectivity index (χ3v) is 6.83. The number of esters is 1. The number of pyridine rings is 1. The van der Waals surface area contributed by atoms with Gasteiger partial charge in [-0.2, -0.15) is 0 Å². The number of ether oxygens (including phenoxy) is 2. The van der Waals surface area contributed by atoms with E-state index in [1.807, 2.05) is 24.3 Å². The van der Waals surface area contributed by atoms with E-state index in [9.17, 15) is 19.1 Å². The van der Waals surface area contributed by atoms with E-state index in [-0.39, 0.29) is 37.6 Å². The third-order valence-electron chi connectivity index (χ3n) is 5.51. The van der Waals surface area contributed by atoms with E-state index in [1.165, 1.54) is 23.6 Å². The van der Waals surface area contributed by atoms with Crippen molar-refractivity contribution in [3.05, 3.63) is 87.5 Å². The molecule has 4 rings (SSSR count). The van der Waals surface area contributed by atoms with Gasteiger partial charge in [0.25, 0.3) is 0 Å². The summed E-state index contributed by atoms with van der Waals surface area (Å²) in [6.07, 6.45) is 1.66. The first kappa shape index (κ1) is 23.7. The molecule has 2 aromatic carbocycles. The molecule has 0 aliphatic heterocycles. The molecule has 0 fully saturated rings. The van der Waals surface area contributed by atoms with Gasteiger partial charge in [0.1, 0.15) is 22.0 Å². The van der Waals surface area contributed by atoms with Crippen molar-refractivity contribution >= 4 is 27.5 Å². The molecule has 0 saturated carbocycles. The van der Waals surface area contributed by atoms with Gasteiger partial charge < -0.3 is 19.1 Å². The van der Waals surface area contributed by atoms with E-state index in [2.05, 4.69) is 0 Å². The van der Waals surface area contributed by atoms with Crippen LogP contribution in [0.4, 0.5) is 4.39 Å². The van der Waals surface area contributed by atoms with Crippen molar-refractivity contribution in [2.45, 2.75) is 19.9 Å². The third kappa shape index (κ3) is 4.47. The first-order valence-corrected chi connectivity index (χ1v) is 11.6. The number of fused-ring (bicyclic) bond motifs is 1. The number of methoxy groups -OCH3 is 1. The maximum Gasteiger partial charge on any atom is 0.343 e. The number of benzene rings is 2. The summed E-state index contributed by atoms with van der Waals surface area (Å²) in [7, 11) is 1.58. The maximum atomic E-state index is 14.5. The fourth-order valence-electron chi connectivity index (χ4n) is 3.90. The molecule has 0 aliphatic rings. The van der Waals surface area contributed by atoms with Crippen LogP contribution in [0.15, 0.2) is 59.5 Å². The second kappa shape index (κ2) is 10.2. The minimum absolute atomic E-state index is 0.119. The van der Waals surface area contributed by atoms with Crippen LogP contribution in [0.25, 0.3) is 20.7 Å². The van der Waals surface area contributed by atoms with Crippen LogP contribution in [0.1, 0.15) is 28.4 Å². The van der Waals surface area contributed by atoms with Crippen molar-refractivity contribution in [3.63, 3.8) is 0 Å². The van der Waals surface area contributed by atoms with Crippen molar-refractivity contribution in [1.29, 1.82) is 0 Å². The van der Waals surface area contributed by atoms with Gasteiger partial charge in [-0.05, 0) is 54.8 Å². The normalized spacial score (nSPS) is 11.1. The summed E-state index contributed by atoms with van der Waals surface area (Å²) in [6.45, 7) is 1.73. The standard InChI is InChI=1S/C26H24FNO5S/c1-3-33-26(31)20-15-28(14-17-6-4-5-7-21(17)27)25-22(23(20)30)19(12-13-29)24(34-25)16-8-10-18(32-2)11-9-16/h4-11,15,29H,3,12-14H2,1-2H3. The number of rotatable bonds is 8. The minimum atomic E-state index is -0.733. The van der Waals surface area contributed by atoms with Gasteiger partial charge in [0.15, 0.2) is 0 Å². The number of thiophene rings is 1. The molecular formula is C26H24FNO5S. The fraction of sp³-hybridized carbons (Fsp3) is 0.231. The number of hydrogen-bond acceptors (Lipinski definition) is 6. The van der Waals surface area contributed by atoms with Gasteiger partial charge in [-0.3, -0.25) is 4.79 Å². The minimum Gasteiger partial charge on any atom is -0.497 e. The van der Waals surface area contributed by atoms with Crippen LogP contribution < -0.4 is 10.2 Å². The predicted molar refractivity (Wildman–Crippen MR) is 130 cm³/mol. The molecule has 0 atom stereocenters. The summed E-state index contributed by atoms with van der Waals surface area (Å²) in [4.78, 5) is 27.5. The number of aromatic nitrogens is 1. The summed E-state index contributed by atoms with van der Waals surface area (Å²) in [6, 6.07) is 13.8. The van der Waals surface area contributed by atoms with E-state index in [0.717, 1.165) is 10.4 Å². The Balaban J connectivity index is 2.00. The molecule has 4 aromatic rings. The van der Waals surface area contributed by atoms with E-state index in [1.54, 1.807) is 36.8 Å². The Hall–Kier alpha value is -3.49. The average Bonchev–Trinajstić information content (AvgIpc) is 3.22. The second-order valence-corrected chi connectivity index (χ2v) is 8.60. The molecule has 2 heterocycles. The van der Waals surface area contributed by atoms with Crippen molar-refractivity contribution < 1.29 is 23.8 Å². The van der Waals surface area contributed by atoms with Gasteiger partial charge >= 0.3 is 5.97 Å². The number of carbonyl (C=O) groups excluding carboxylic acids is 1. The van der Waals surface area contributed by atoms with Gasteiger partial charge in [-0.15, -0.1) is 11.3 Å². The molecule has 176 valence electrons. The zero-order chi connectivity index (χ0) is 24.2. The average molecular weight is 482 g/mol. The first-order chi connectivity index (χ1) is 16.5. The maximum absolute atomic E-state index is 14.5. The van der Waals surface area contributed by atoms with Crippen LogP contribution >= 0.6 is 11.3 Å². The molecular weight excluding hydrogens is 457 g/mol. The Labute approximate surface area is 199 Å². The molecule has 0 amide bonds. The van der Waals surface area contributed by atoms with Gasteiger partial charge in [0, 0.05) is 23.2 Å². The monoisotopic (exact) mass is 481 g/mol. The molecule has 0 aliphatic carbocycles. The Morgan fingerprint density at radius 3 is 2.53 bits per heavy atom. The lowest BCUT2D eigenvalue weighted by Gasteiger charge is -2.12. The summed E-state index contributed by atoms with van der Waals surface area (Å²) in [5.74, 6) is -0.421. The quantitative estimate of drug-likeness (QED) is 0.371. The molecule has 1 N–H and O–H groups in total. The Kier molecular flexibility index (Phi) is 7.09. The van der Waals surface area contributed by atoms with E-state index < -0.39 is 11.4 Å². The lowest BCUT2D eigenvalue weighted by molar-refractivity contribution is 0.0524. The second-order valence-electron chi connectivity index (χ2n) is 7.60. The van der Waals surface area contributed by atoms with Crippen molar-refractivity contribution in [2.75, 3.05) is 20.3 Å². The predicted octanol–water partition coefficient (Wildman–Crippen LogP) is 4.64. The van der Waals surface area contributed by atoms with Crippen LogP contribution in [0.2, 0.25) is 0 Å². The summed E-state index contributed by atoms with van der Waals surface area (Å²) in [5.41, 5.74) is 1.33. The van der Waals surface area contributed by atoms with Gasteiger partial charge in [0.05, 0.1) is 25.6 Å². The molecule has 0 bridgehead atoms. The van der Waals surface area contributed by atoms with Crippen molar-refractivity contribution in [2.24, 2.45) is 0 Å². The number of nitrogens with zero attached hydrogens (tertiary/aromatic N) is 1. The molecule has 6 nitrogen and oxygen atoms in total. The molecule has 0 unspecified atom stereocenters. The Morgan fingerprint density at radius 2 is 1.88 bits per heavy atom. The highest BCUT2D eigenvalue weighted by atomic mass is 32.1. The zero-order valence-corrected chi connectivity index (χ0v) is 19.7. The van der Waals surface area contributed by atoms with Gasteiger partial charge in [0.2, 0.25) is 5.43 Å². The summed E-state index contributed by atoms with van der Waals surface area (Å²) in [5, 5.41) is 10.1. The summed E-state index contributed by atoms with van der Waals surface area (Å²) < 4.78 is 26.5. The number of aliphatic hydroxyl groups excluding tert-OH is 1. The number of carbonyl (C=O) groups is 1. The van der Waals surface area contributed by atoms with Crippen LogP contribution in [-0.4, -0.2) is 36.0 Å². The Morgan fingerprint density at radius 1 is 1.15 bits per heavy atom. The fourth-order valence-corrected chi connectivity index (χ4v) is 5.23. The van der Waals surface area contributed by atoms with Gasteiger partial charge in [-0.25, -0.2) is 9.18 Å². The topological polar surface area (TPSA) is 77.8 Å². The lowest BCUT2D eigenvalue weighted by atomic mass is 10.0. The molecule has 0 spiro atoms. The van der Waals surface area contributed by atoms with E-state index in [4.69, 9.17) is 9.47 Å². The zero-order valence-electron chi connectivity index (χ0n) is 18.8. The molecule has 34 heavy (non-hydrogen) atoms. The number of hydrogen-bond donors (Lipinski definition) is 1. The molecule has 2 aromatic heterocycles. The summed E-state index contributed by atoms with van der Waals surface area (Å²) >= 11 is 1.37. The highest BCUT2D eigenvalue weighted by molar-refractivity contribution is 7.22. The highest BCUT2D eigenvalue weighted by Crippen LogP contribution is 2.38. The molecule has 0 radical (unpaired) electrons. The first-order valence-electron chi connectivity index (χ1n) is 10.8. The molecule has 0 saturated heterocycles. The van der Waals surface area contributed by atoms with Gasteiger partial charge in [-0.1, -0.05) is 18.2 Å². The highest BCUT2D eigenvalue weighted by Gasteiger charge is 2.24. The van der Waals surface area contributed by atoms with Crippen LogP contribution in [0.5, 0.6) is 5.75 Å². The smallest absolute Gasteiger partial charge is 0.343 e. The van der Waals surface area contributed by atoms with Crippen LogP contribution in [0, 0.1) is 5.82 Å². The van der Waals surface area contributed by atoms with Crippen molar-refractivity contribution in [1.82, 2.24) is 4.57 Å². The Bertz CT molecular complexity index is 1390. The van der Waals surface area contributed by atoms with E-state index in [0.29, 0.717) is 27.1 Å². The SMILES string of the molecule is CCOC(=O)c1cn(Cc2ccccc2F)c2sc(-c3ccc(OC)cc3)c(CCO)c2c1=O. The van der Waals surface area contributed by atoms with E-state index >= 15 is 0 Å². The lowest BCUT2D eigenvalue weighted by Crippen LogP contribution is -2.21. The largest absolute Gasteiger partial charge is 0.497 e. The van der Waals surface area contributed by atoms with Crippen molar-refractivity contribution in [3.8, 4) is 16.2 Å². The number of aliphatic hydroxyl groups is 1. The molecule has 8 heteroatoms.